The Kier molecular flexibility index (Phi) is 4.03. The molecule has 0 bridgehead atoms. The lowest BCUT2D eigenvalue weighted by Gasteiger charge is -2.10. The Balaban J connectivity index is 1.80. The molecule has 3 rings (SSSR count). The fourth-order valence-corrected chi connectivity index (χ4v) is 2.82. The van der Waals surface area contributed by atoms with Gasteiger partial charge in [0.2, 0.25) is 0 Å². The molecule has 0 aliphatic carbocycles. The molecular weight excluding hydrogens is 292 g/mol. The lowest BCUT2D eigenvalue weighted by atomic mass is 10.1. The molecule has 1 aliphatic rings. The fraction of sp³-hybridized carbons (Fsp3) is 0.400. The van der Waals surface area contributed by atoms with Gasteiger partial charge in [0, 0.05) is 30.3 Å². The van der Waals surface area contributed by atoms with E-state index in [9.17, 15) is 4.79 Å². The summed E-state index contributed by atoms with van der Waals surface area (Å²) in [6, 6.07) is 3.53. The van der Waals surface area contributed by atoms with Crippen molar-refractivity contribution in [2.45, 2.75) is 18.9 Å². The summed E-state index contributed by atoms with van der Waals surface area (Å²) in [7, 11) is 1.55. The van der Waals surface area contributed by atoms with Crippen LogP contribution < -0.4 is 10.1 Å². The standard InChI is InChI=1S/C15H17ClN2O3/c1-20-14-5-10-11(8-17-13(10)6-12(14)16)15(19)18-7-9-3-2-4-21-9/h5-6,8-9,17H,2-4,7H2,1H3,(H,18,19)/t9-/m0/s1. The average Bonchev–Trinajstić information content (AvgIpc) is 3.13. The van der Waals surface area contributed by atoms with Gasteiger partial charge in [-0.25, -0.2) is 0 Å². The minimum absolute atomic E-state index is 0.124. The van der Waals surface area contributed by atoms with E-state index in [1.165, 1.54) is 0 Å². The summed E-state index contributed by atoms with van der Waals surface area (Å²) in [5.41, 5.74) is 1.39. The maximum absolute atomic E-state index is 12.3. The van der Waals surface area contributed by atoms with Crippen LogP contribution in [0.2, 0.25) is 5.02 Å². The van der Waals surface area contributed by atoms with Crippen molar-refractivity contribution in [2.75, 3.05) is 20.3 Å². The number of carbonyl (C=O) groups is 1. The maximum atomic E-state index is 12.3. The van der Waals surface area contributed by atoms with Gasteiger partial charge in [0.15, 0.2) is 0 Å². The lowest BCUT2D eigenvalue weighted by molar-refractivity contribution is 0.0859. The summed E-state index contributed by atoms with van der Waals surface area (Å²) >= 11 is 6.08. The third kappa shape index (κ3) is 2.84. The van der Waals surface area contributed by atoms with Crippen LogP contribution in [0.15, 0.2) is 18.3 Å². The number of methoxy groups -OCH3 is 1. The summed E-state index contributed by atoms with van der Waals surface area (Å²) < 4.78 is 10.7. The van der Waals surface area contributed by atoms with E-state index in [1.807, 2.05) is 0 Å². The Morgan fingerprint density at radius 2 is 2.43 bits per heavy atom. The zero-order chi connectivity index (χ0) is 14.8. The molecular formula is C15H17ClN2O3. The van der Waals surface area contributed by atoms with Crippen LogP contribution in [-0.4, -0.2) is 37.3 Å². The second-order valence-electron chi connectivity index (χ2n) is 5.08. The van der Waals surface area contributed by atoms with Gasteiger partial charge in [0.25, 0.3) is 5.91 Å². The summed E-state index contributed by atoms with van der Waals surface area (Å²) in [4.78, 5) is 15.4. The maximum Gasteiger partial charge on any atom is 0.253 e. The quantitative estimate of drug-likeness (QED) is 0.913. The van der Waals surface area contributed by atoms with E-state index >= 15 is 0 Å². The summed E-state index contributed by atoms with van der Waals surface area (Å²) in [5.74, 6) is 0.429. The first-order chi connectivity index (χ1) is 10.2. The van der Waals surface area contributed by atoms with Crippen LogP contribution in [-0.2, 0) is 4.74 Å². The largest absolute Gasteiger partial charge is 0.495 e. The first kappa shape index (κ1) is 14.2. The van der Waals surface area contributed by atoms with E-state index in [0.29, 0.717) is 22.9 Å². The zero-order valence-electron chi connectivity index (χ0n) is 11.7. The van der Waals surface area contributed by atoms with E-state index < -0.39 is 0 Å². The van der Waals surface area contributed by atoms with E-state index in [2.05, 4.69) is 10.3 Å². The predicted octanol–water partition coefficient (Wildman–Crippen LogP) is 2.74. The molecule has 1 aromatic carbocycles. The van der Waals surface area contributed by atoms with E-state index in [1.54, 1.807) is 25.4 Å². The smallest absolute Gasteiger partial charge is 0.253 e. The van der Waals surface area contributed by atoms with Crippen LogP contribution in [0, 0.1) is 0 Å². The average molecular weight is 309 g/mol. The van der Waals surface area contributed by atoms with Gasteiger partial charge >= 0.3 is 0 Å². The zero-order valence-corrected chi connectivity index (χ0v) is 12.5. The number of H-pyrrole nitrogens is 1. The number of ether oxygens (including phenoxy) is 2. The van der Waals surface area contributed by atoms with Crippen molar-refractivity contribution in [2.24, 2.45) is 0 Å². The Bertz CT molecular complexity index is 662. The SMILES string of the molecule is COc1cc2c(C(=O)NC[C@@H]3CCCO3)c[nH]c2cc1Cl. The second-order valence-corrected chi connectivity index (χ2v) is 5.49. The molecule has 1 aromatic heterocycles. The van der Waals surface area contributed by atoms with Crippen LogP contribution in [0.5, 0.6) is 5.75 Å². The number of amides is 1. The molecule has 1 amide bonds. The first-order valence-corrected chi connectivity index (χ1v) is 7.31. The van der Waals surface area contributed by atoms with Crippen molar-refractivity contribution in [1.82, 2.24) is 10.3 Å². The van der Waals surface area contributed by atoms with Crippen molar-refractivity contribution in [3.05, 3.63) is 28.9 Å². The Hall–Kier alpha value is -1.72. The number of halogens is 1. The van der Waals surface area contributed by atoms with Gasteiger partial charge in [-0.1, -0.05) is 11.6 Å². The minimum Gasteiger partial charge on any atom is -0.495 e. The normalized spacial score (nSPS) is 18.1. The molecule has 0 spiro atoms. The van der Waals surface area contributed by atoms with Gasteiger partial charge in [0.05, 0.1) is 23.8 Å². The van der Waals surface area contributed by atoms with Crippen LogP contribution in [0.1, 0.15) is 23.2 Å². The number of aromatic amines is 1. The monoisotopic (exact) mass is 308 g/mol. The molecule has 21 heavy (non-hydrogen) atoms. The highest BCUT2D eigenvalue weighted by Crippen LogP contribution is 2.31. The number of carbonyl (C=O) groups excluding carboxylic acids is 1. The van der Waals surface area contributed by atoms with Crippen LogP contribution in [0.3, 0.4) is 0 Å². The highest BCUT2D eigenvalue weighted by Gasteiger charge is 2.18. The molecule has 112 valence electrons. The Morgan fingerprint density at radius 1 is 1.57 bits per heavy atom. The minimum atomic E-state index is -0.124. The molecule has 0 unspecified atom stereocenters. The number of nitrogens with one attached hydrogen (secondary N) is 2. The molecule has 0 saturated carbocycles. The van der Waals surface area contributed by atoms with Gasteiger partial charge in [-0.05, 0) is 25.0 Å². The first-order valence-electron chi connectivity index (χ1n) is 6.93. The summed E-state index contributed by atoms with van der Waals surface area (Å²) in [5, 5.41) is 4.22. The number of aromatic nitrogens is 1. The summed E-state index contributed by atoms with van der Waals surface area (Å²) in [6.45, 7) is 1.32. The third-order valence-electron chi connectivity index (χ3n) is 3.71. The number of fused-ring (bicyclic) bond motifs is 1. The van der Waals surface area contributed by atoms with Gasteiger partial charge < -0.3 is 19.8 Å². The number of hydrogen-bond acceptors (Lipinski definition) is 3. The van der Waals surface area contributed by atoms with Gasteiger partial charge in [-0.15, -0.1) is 0 Å². The van der Waals surface area contributed by atoms with Crippen LogP contribution in [0.25, 0.3) is 10.9 Å². The lowest BCUT2D eigenvalue weighted by Crippen LogP contribution is -2.31. The highest BCUT2D eigenvalue weighted by atomic mass is 35.5. The molecule has 2 heterocycles. The van der Waals surface area contributed by atoms with Crippen molar-refractivity contribution in [1.29, 1.82) is 0 Å². The second kappa shape index (κ2) is 5.95. The molecule has 1 fully saturated rings. The Morgan fingerprint density at radius 3 is 3.14 bits per heavy atom. The summed E-state index contributed by atoms with van der Waals surface area (Å²) in [6.07, 6.45) is 3.87. The van der Waals surface area contributed by atoms with E-state index in [4.69, 9.17) is 21.1 Å². The molecule has 1 atom stereocenters. The topological polar surface area (TPSA) is 63.4 Å². The van der Waals surface area contributed by atoms with Gasteiger partial charge in [-0.2, -0.15) is 0 Å². The molecule has 2 aromatic rings. The van der Waals surface area contributed by atoms with Crippen molar-refractivity contribution in [3.8, 4) is 5.75 Å². The van der Waals surface area contributed by atoms with Crippen molar-refractivity contribution in [3.63, 3.8) is 0 Å². The fourth-order valence-electron chi connectivity index (χ4n) is 2.57. The molecule has 1 saturated heterocycles. The van der Waals surface area contributed by atoms with Gasteiger partial charge in [0.1, 0.15) is 5.75 Å². The number of benzene rings is 1. The number of hydrogen-bond donors (Lipinski definition) is 2. The van der Waals surface area contributed by atoms with Crippen molar-refractivity contribution >= 4 is 28.4 Å². The third-order valence-corrected chi connectivity index (χ3v) is 4.01. The molecule has 1 aliphatic heterocycles. The van der Waals surface area contributed by atoms with Crippen molar-refractivity contribution < 1.29 is 14.3 Å². The highest BCUT2D eigenvalue weighted by molar-refractivity contribution is 6.33. The molecule has 5 nitrogen and oxygen atoms in total. The Labute approximate surface area is 127 Å². The van der Waals surface area contributed by atoms with Gasteiger partial charge in [-0.3, -0.25) is 4.79 Å². The van der Waals surface area contributed by atoms with Crippen LogP contribution in [0.4, 0.5) is 0 Å². The molecule has 0 radical (unpaired) electrons. The molecule has 6 heteroatoms. The number of rotatable bonds is 4. The molecule has 2 N–H and O–H groups in total. The predicted molar refractivity (Wildman–Crippen MR) is 81.2 cm³/mol. The van der Waals surface area contributed by atoms with E-state index in [-0.39, 0.29) is 12.0 Å². The van der Waals surface area contributed by atoms with E-state index in [0.717, 1.165) is 30.4 Å². The van der Waals surface area contributed by atoms with Crippen LogP contribution >= 0.6 is 11.6 Å².